The molecule has 0 amide bonds. The highest BCUT2D eigenvalue weighted by atomic mass is 32.2. The Labute approximate surface area is 214 Å². The van der Waals surface area contributed by atoms with E-state index in [2.05, 4.69) is 6.92 Å². The zero-order valence-electron chi connectivity index (χ0n) is 22.0. The van der Waals surface area contributed by atoms with Gasteiger partial charge in [0.15, 0.2) is 0 Å². The Kier molecular flexibility index (Phi) is 17.4. The first-order valence-corrected chi connectivity index (χ1v) is 15.2. The van der Waals surface area contributed by atoms with E-state index in [0.717, 1.165) is 23.8 Å². The number of rotatable bonds is 19. The maximum atomic E-state index is 12.0. The van der Waals surface area contributed by atoms with Crippen LogP contribution in [0.3, 0.4) is 0 Å². The number of fused-ring (bicyclic) bond motifs is 1. The zero-order valence-corrected chi connectivity index (χ0v) is 22.8. The van der Waals surface area contributed by atoms with E-state index in [1.54, 1.807) is 6.07 Å². The van der Waals surface area contributed by atoms with Crippen molar-refractivity contribution in [2.75, 3.05) is 0 Å². The Bertz CT molecular complexity index is 908. The van der Waals surface area contributed by atoms with Gasteiger partial charge in [-0.05, 0) is 23.8 Å². The molecule has 0 radical (unpaired) electrons. The molecule has 0 aromatic heterocycles. The SMILES string of the molecule is C=O.CCCCCCCCCCCCCCCCCCCc1ccc2ccccc2c1S(=O)(=O)O. The number of aryl methyl sites for hydroxylation is 1. The number of carbonyl (C=O) groups is 1. The van der Waals surface area contributed by atoms with Crippen LogP contribution in [0, 0.1) is 0 Å². The standard InChI is InChI=1S/C29H46O3S.CH2O/c1-2-3-4-5-6-7-8-9-10-11-12-13-14-15-16-17-18-22-27-25-24-26-21-19-20-23-28(26)29(27)33(30,31)32;1-2/h19-21,23-25H,2-18,22H2,1H3,(H,30,31,32);1H2. The molecular formula is C30H48O4S. The molecule has 5 heteroatoms. The van der Waals surface area contributed by atoms with Crippen LogP contribution in [0.5, 0.6) is 0 Å². The van der Waals surface area contributed by atoms with Gasteiger partial charge in [0.25, 0.3) is 10.1 Å². The van der Waals surface area contributed by atoms with Crippen molar-refractivity contribution in [3.05, 3.63) is 42.0 Å². The molecule has 0 aliphatic heterocycles. The van der Waals surface area contributed by atoms with E-state index in [9.17, 15) is 13.0 Å². The van der Waals surface area contributed by atoms with Crippen LogP contribution in [0.1, 0.15) is 122 Å². The van der Waals surface area contributed by atoms with Gasteiger partial charge in [-0.1, -0.05) is 146 Å². The first kappa shape index (κ1) is 31.3. The van der Waals surface area contributed by atoms with Gasteiger partial charge in [-0.2, -0.15) is 8.42 Å². The summed E-state index contributed by atoms with van der Waals surface area (Å²) in [6.45, 7) is 4.28. The summed E-state index contributed by atoms with van der Waals surface area (Å²) in [6, 6.07) is 11.2. The summed E-state index contributed by atoms with van der Waals surface area (Å²) in [4.78, 5) is 8.09. The van der Waals surface area contributed by atoms with Gasteiger partial charge in [0, 0.05) is 5.39 Å². The number of hydrogen-bond donors (Lipinski definition) is 1. The molecule has 0 aliphatic rings. The van der Waals surface area contributed by atoms with Crippen LogP contribution in [0.2, 0.25) is 0 Å². The summed E-state index contributed by atoms with van der Waals surface area (Å²) in [6.07, 6.45) is 23.3. The molecule has 0 saturated heterocycles. The number of benzene rings is 2. The molecule has 1 N–H and O–H groups in total. The lowest BCUT2D eigenvalue weighted by atomic mass is 10.0. The lowest BCUT2D eigenvalue weighted by Crippen LogP contribution is -2.04. The van der Waals surface area contributed by atoms with Crippen molar-refractivity contribution in [1.82, 2.24) is 0 Å². The molecule has 0 saturated carbocycles. The van der Waals surface area contributed by atoms with Gasteiger partial charge in [0.1, 0.15) is 11.7 Å². The van der Waals surface area contributed by atoms with Gasteiger partial charge >= 0.3 is 0 Å². The molecular weight excluding hydrogens is 456 g/mol. The first-order valence-electron chi connectivity index (χ1n) is 13.8. The maximum Gasteiger partial charge on any atom is 0.295 e. The predicted octanol–water partition coefficient (Wildman–Crippen LogP) is 9.10. The van der Waals surface area contributed by atoms with E-state index in [4.69, 9.17) is 4.79 Å². The fourth-order valence-electron chi connectivity index (χ4n) is 4.83. The highest BCUT2D eigenvalue weighted by molar-refractivity contribution is 7.86. The van der Waals surface area contributed by atoms with Crippen LogP contribution in [0.4, 0.5) is 0 Å². The minimum Gasteiger partial charge on any atom is -0.307 e. The fraction of sp³-hybridized carbons (Fsp3) is 0.633. The van der Waals surface area contributed by atoms with Crippen molar-refractivity contribution in [1.29, 1.82) is 0 Å². The molecule has 35 heavy (non-hydrogen) atoms. The molecule has 0 spiro atoms. The second-order valence-corrected chi connectivity index (χ2v) is 11.0. The van der Waals surface area contributed by atoms with Gasteiger partial charge in [-0.25, -0.2) is 0 Å². The summed E-state index contributed by atoms with van der Waals surface area (Å²) in [5.41, 5.74) is 0.733. The van der Waals surface area contributed by atoms with Gasteiger partial charge in [0.05, 0.1) is 0 Å². The van der Waals surface area contributed by atoms with E-state index in [1.165, 1.54) is 96.3 Å². The quantitative estimate of drug-likeness (QED) is 0.153. The third kappa shape index (κ3) is 13.2. The largest absolute Gasteiger partial charge is 0.307 e. The van der Waals surface area contributed by atoms with E-state index in [0.29, 0.717) is 11.8 Å². The van der Waals surface area contributed by atoms with Crippen molar-refractivity contribution in [3.8, 4) is 0 Å². The first-order chi connectivity index (χ1) is 17.0. The third-order valence-electron chi connectivity index (χ3n) is 6.77. The molecule has 2 aromatic carbocycles. The van der Waals surface area contributed by atoms with E-state index >= 15 is 0 Å². The van der Waals surface area contributed by atoms with E-state index in [1.807, 2.05) is 37.1 Å². The topological polar surface area (TPSA) is 71.4 Å². The van der Waals surface area contributed by atoms with Crippen molar-refractivity contribution in [2.45, 2.75) is 127 Å². The molecule has 0 aliphatic carbocycles. The maximum absolute atomic E-state index is 12.0. The molecule has 0 heterocycles. The average molecular weight is 505 g/mol. The normalized spacial score (nSPS) is 11.4. The minimum atomic E-state index is -4.23. The van der Waals surface area contributed by atoms with Crippen LogP contribution < -0.4 is 0 Å². The molecule has 198 valence electrons. The Morgan fingerprint density at radius 3 is 1.51 bits per heavy atom. The lowest BCUT2D eigenvalue weighted by Gasteiger charge is -2.11. The molecule has 0 bridgehead atoms. The van der Waals surface area contributed by atoms with Crippen LogP contribution in [-0.4, -0.2) is 19.8 Å². The highest BCUT2D eigenvalue weighted by Gasteiger charge is 2.18. The second kappa shape index (κ2) is 19.5. The molecule has 2 aromatic rings. The molecule has 0 unspecified atom stereocenters. The van der Waals surface area contributed by atoms with Crippen molar-refractivity contribution in [3.63, 3.8) is 0 Å². The summed E-state index contributed by atoms with van der Waals surface area (Å²) in [7, 11) is -4.23. The minimum absolute atomic E-state index is 0.0945. The van der Waals surface area contributed by atoms with Gasteiger partial charge in [-0.3, -0.25) is 4.55 Å². The Morgan fingerprint density at radius 1 is 0.629 bits per heavy atom. The van der Waals surface area contributed by atoms with Crippen LogP contribution >= 0.6 is 0 Å². The smallest absolute Gasteiger partial charge is 0.295 e. The summed E-state index contributed by atoms with van der Waals surface area (Å²) in [5.74, 6) is 0. The number of hydrogen-bond acceptors (Lipinski definition) is 3. The van der Waals surface area contributed by atoms with Crippen molar-refractivity contribution >= 4 is 27.7 Å². The number of carbonyl (C=O) groups excluding carboxylic acids is 1. The fourth-order valence-corrected chi connectivity index (χ4v) is 5.80. The molecule has 0 atom stereocenters. The Balaban J connectivity index is 0.00000298. The Hall–Kier alpha value is -1.72. The average Bonchev–Trinajstić information content (AvgIpc) is 2.86. The predicted molar refractivity (Wildman–Crippen MR) is 149 cm³/mol. The molecule has 2 rings (SSSR count). The van der Waals surface area contributed by atoms with Crippen LogP contribution in [-0.2, 0) is 21.3 Å². The van der Waals surface area contributed by atoms with Crippen LogP contribution in [0.15, 0.2) is 41.3 Å². The van der Waals surface area contributed by atoms with Gasteiger partial charge < -0.3 is 4.79 Å². The summed E-state index contributed by atoms with van der Waals surface area (Å²) in [5, 5.41) is 1.46. The second-order valence-electron chi connectivity index (χ2n) is 9.66. The van der Waals surface area contributed by atoms with Crippen molar-refractivity contribution in [2.24, 2.45) is 0 Å². The summed E-state index contributed by atoms with van der Waals surface area (Å²) >= 11 is 0. The van der Waals surface area contributed by atoms with Crippen LogP contribution in [0.25, 0.3) is 10.8 Å². The Morgan fingerprint density at radius 2 is 1.06 bits per heavy atom. The molecule has 4 nitrogen and oxygen atoms in total. The summed E-state index contributed by atoms with van der Waals surface area (Å²) < 4.78 is 33.8. The number of unbranched alkanes of at least 4 members (excludes halogenated alkanes) is 16. The van der Waals surface area contributed by atoms with E-state index < -0.39 is 10.1 Å². The molecule has 0 fully saturated rings. The van der Waals surface area contributed by atoms with Crippen molar-refractivity contribution < 1.29 is 17.8 Å². The monoisotopic (exact) mass is 504 g/mol. The third-order valence-corrected chi connectivity index (χ3v) is 7.77. The highest BCUT2D eigenvalue weighted by Crippen LogP contribution is 2.28. The van der Waals surface area contributed by atoms with E-state index in [-0.39, 0.29) is 4.90 Å². The van der Waals surface area contributed by atoms with Gasteiger partial charge in [-0.15, -0.1) is 0 Å². The zero-order chi connectivity index (χ0) is 25.8. The van der Waals surface area contributed by atoms with Gasteiger partial charge in [0.2, 0.25) is 0 Å². The lowest BCUT2D eigenvalue weighted by molar-refractivity contribution is -0.0980.